The standard InChI is InChI=1S/C9H9Cl2NO/c1-6-9(11)3-2-7(12-6)4-8(13)5-10/h2-3H,4-5H2,1H3. The number of carbonyl (C=O) groups is 1. The molecule has 4 heteroatoms. The molecule has 0 radical (unpaired) electrons. The molecule has 2 nitrogen and oxygen atoms in total. The summed E-state index contributed by atoms with van der Waals surface area (Å²) < 4.78 is 0. The van der Waals surface area contributed by atoms with Crippen LogP contribution in [0, 0.1) is 6.92 Å². The van der Waals surface area contributed by atoms with Crippen molar-refractivity contribution in [2.75, 3.05) is 5.88 Å². The number of hydrogen-bond donors (Lipinski definition) is 0. The number of rotatable bonds is 3. The number of hydrogen-bond acceptors (Lipinski definition) is 2. The van der Waals surface area contributed by atoms with Crippen LogP contribution in [0.15, 0.2) is 12.1 Å². The molecule has 1 aromatic rings. The third-order valence-corrected chi connectivity index (χ3v) is 2.30. The van der Waals surface area contributed by atoms with Gasteiger partial charge in [0.2, 0.25) is 0 Å². The summed E-state index contributed by atoms with van der Waals surface area (Å²) in [6.45, 7) is 1.80. The van der Waals surface area contributed by atoms with Gasteiger partial charge in [0, 0.05) is 12.1 Å². The molecule has 0 spiro atoms. The summed E-state index contributed by atoms with van der Waals surface area (Å²) in [7, 11) is 0. The molecule has 0 aromatic carbocycles. The Morgan fingerprint density at radius 1 is 1.54 bits per heavy atom. The summed E-state index contributed by atoms with van der Waals surface area (Å²) in [6.07, 6.45) is 0.279. The quantitative estimate of drug-likeness (QED) is 0.729. The van der Waals surface area contributed by atoms with E-state index in [1.54, 1.807) is 19.1 Å². The molecule has 0 aliphatic heterocycles. The van der Waals surface area contributed by atoms with E-state index in [0.29, 0.717) is 10.7 Å². The number of aromatic nitrogens is 1. The lowest BCUT2D eigenvalue weighted by molar-refractivity contribution is -0.116. The Morgan fingerprint density at radius 2 is 2.23 bits per heavy atom. The average Bonchev–Trinajstić information content (AvgIpc) is 2.11. The summed E-state index contributed by atoms with van der Waals surface area (Å²) in [4.78, 5) is 15.1. The van der Waals surface area contributed by atoms with Crippen LogP contribution in [-0.2, 0) is 11.2 Å². The fourth-order valence-electron chi connectivity index (χ4n) is 0.944. The number of alkyl halides is 1. The van der Waals surface area contributed by atoms with Crippen molar-refractivity contribution in [3.8, 4) is 0 Å². The highest BCUT2D eigenvalue weighted by atomic mass is 35.5. The highest BCUT2D eigenvalue weighted by molar-refractivity contribution is 6.31. The number of carbonyl (C=O) groups excluding carboxylic acids is 1. The van der Waals surface area contributed by atoms with E-state index < -0.39 is 0 Å². The molecule has 0 amide bonds. The first kappa shape index (κ1) is 10.5. The molecule has 1 heterocycles. The van der Waals surface area contributed by atoms with Gasteiger partial charge in [-0.3, -0.25) is 9.78 Å². The monoisotopic (exact) mass is 217 g/mol. The zero-order chi connectivity index (χ0) is 9.84. The van der Waals surface area contributed by atoms with E-state index in [9.17, 15) is 4.79 Å². The molecule has 0 aliphatic rings. The average molecular weight is 218 g/mol. The van der Waals surface area contributed by atoms with E-state index in [1.165, 1.54) is 0 Å². The van der Waals surface area contributed by atoms with Crippen molar-refractivity contribution in [1.29, 1.82) is 0 Å². The zero-order valence-corrected chi connectivity index (χ0v) is 8.69. The van der Waals surface area contributed by atoms with Gasteiger partial charge in [0.05, 0.1) is 16.6 Å². The topological polar surface area (TPSA) is 30.0 Å². The van der Waals surface area contributed by atoms with Crippen molar-refractivity contribution in [2.24, 2.45) is 0 Å². The van der Waals surface area contributed by atoms with Gasteiger partial charge in [-0.05, 0) is 19.1 Å². The molecule has 13 heavy (non-hydrogen) atoms. The van der Waals surface area contributed by atoms with Crippen LogP contribution in [0.25, 0.3) is 0 Å². The molecule has 0 saturated carbocycles. The molecule has 0 atom stereocenters. The van der Waals surface area contributed by atoms with Crippen LogP contribution in [0.3, 0.4) is 0 Å². The lowest BCUT2D eigenvalue weighted by Crippen LogP contribution is -2.05. The predicted molar refractivity (Wildman–Crippen MR) is 53.4 cm³/mol. The summed E-state index contributed by atoms with van der Waals surface area (Å²) in [5, 5.41) is 0.613. The van der Waals surface area contributed by atoms with Crippen LogP contribution in [-0.4, -0.2) is 16.6 Å². The van der Waals surface area contributed by atoms with Crippen LogP contribution in [0.1, 0.15) is 11.4 Å². The second-order valence-electron chi connectivity index (χ2n) is 2.72. The first-order valence-corrected chi connectivity index (χ1v) is 4.74. The smallest absolute Gasteiger partial charge is 0.153 e. The van der Waals surface area contributed by atoms with Crippen LogP contribution in [0.4, 0.5) is 0 Å². The van der Waals surface area contributed by atoms with Gasteiger partial charge >= 0.3 is 0 Å². The number of pyridine rings is 1. The molecule has 1 rings (SSSR count). The van der Waals surface area contributed by atoms with E-state index >= 15 is 0 Å². The van der Waals surface area contributed by atoms with Crippen molar-refractivity contribution in [3.63, 3.8) is 0 Å². The molecule has 0 N–H and O–H groups in total. The van der Waals surface area contributed by atoms with Gasteiger partial charge in [-0.2, -0.15) is 0 Å². The number of nitrogens with zero attached hydrogens (tertiary/aromatic N) is 1. The second kappa shape index (κ2) is 4.58. The Labute approximate surface area is 86.9 Å². The van der Waals surface area contributed by atoms with Gasteiger partial charge in [0.1, 0.15) is 0 Å². The van der Waals surface area contributed by atoms with Gasteiger partial charge < -0.3 is 0 Å². The summed E-state index contributed by atoms with van der Waals surface area (Å²) in [6, 6.07) is 3.47. The van der Waals surface area contributed by atoms with Crippen molar-refractivity contribution >= 4 is 29.0 Å². The minimum atomic E-state index is -0.0316. The van der Waals surface area contributed by atoms with Crippen LogP contribution in [0.2, 0.25) is 5.02 Å². The largest absolute Gasteiger partial charge is 0.298 e. The number of Topliss-reactive ketones (excluding diaryl/α,β-unsaturated/α-hetero) is 1. The minimum Gasteiger partial charge on any atom is -0.298 e. The highest BCUT2D eigenvalue weighted by Crippen LogP contribution is 2.13. The van der Waals surface area contributed by atoms with E-state index in [0.717, 1.165) is 5.69 Å². The van der Waals surface area contributed by atoms with Crippen LogP contribution >= 0.6 is 23.2 Å². The van der Waals surface area contributed by atoms with Crippen LogP contribution < -0.4 is 0 Å². The summed E-state index contributed by atoms with van der Waals surface area (Å²) in [5.41, 5.74) is 1.45. The third-order valence-electron chi connectivity index (χ3n) is 1.61. The first-order chi connectivity index (χ1) is 6.13. The Balaban J connectivity index is 2.79. The maximum absolute atomic E-state index is 11.0. The molecule has 0 fully saturated rings. The lowest BCUT2D eigenvalue weighted by Gasteiger charge is -2.00. The zero-order valence-electron chi connectivity index (χ0n) is 7.18. The van der Waals surface area contributed by atoms with E-state index in [-0.39, 0.29) is 18.1 Å². The van der Waals surface area contributed by atoms with E-state index in [4.69, 9.17) is 23.2 Å². The fourth-order valence-corrected chi connectivity index (χ4v) is 1.14. The molecule has 70 valence electrons. The number of halogens is 2. The van der Waals surface area contributed by atoms with Crippen molar-refractivity contribution in [1.82, 2.24) is 4.98 Å². The Kier molecular flexibility index (Phi) is 3.70. The minimum absolute atomic E-state index is 0.0311. The molecule has 0 aliphatic carbocycles. The summed E-state index contributed by atoms with van der Waals surface area (Å²) >= 11 is 11.1. The van der Waals surface area contributed by atoms with Crippen molar-refractivity contribution in [3.05, 3.63) is 28.5 Å². The molecular weight excluding hydrogens is 209 g/mol. The Hall–Kier alpha value is -0.600. The second-order valence-corrected chi connectivity index (χ2v) is 3.39. The maximum Gasteiger partial charge on any atom is 0.153 e. The van der Waals surface area contributed by atoms with Gasteiger partial charge in [-0.25, -0.2) is 0 Å². The Bertz CT molecular complexity index is 325. The third kappa shape index (κ3) is 2.98. The van der Waals surface area contributed by atoms with Crippen molar-refractivity contribution < 1.29 is 4.79 Å². The van der Waals surface area contributed by atoms with Crippen LogP contribution in [0.5, 0.6) is 0 Å². The normalized spacial score (nSPS) is 10.1. The molecule has 0 saturated heterocycles. The Morgan fingerprint density at radius 3 is 2.77 bits per heavy atom. The lowest BCUT2D eigenvalue weighted by atomic mass is 10.2. The molecular formula is C9H9Cl2NO. The number of aryl methyl sites for hydroxylation is 1. The number of ketones is 1. The molecule has 0 bridgehead atoms. The van der Waals surface area contributed by atoms with E-state index in [1.807, 2.05) is 0 Å². The fraction of sp³-hybridized carbons (Fsp3) is 0.333. The van der Waals surface area contributed by atoms with Gasteiger partial charge in [0.25, 0.3) is 0 Å². The van der Waals surface area contributed by atoms with E-state index in [2.05, 4.69) is 4.98 Å². The first-order valence-electron chi connectivity index (χ1n) is 3.83. The predicted octanol–water partition coefficient (Wildman–Crippen LogP) is 2.39. The van der Waals surface area contributed by atoms with Gasteiger partial charge in [0.15, 0.2) is 5.78 Å². The molecule has 0 unspecified atom stereocenters. The summed E-state index contributed by atoms with van der Waals surface area (Å²) in [5.74, 6) is -0.000479. The highest BCUT2D eigenvalue weighted by Gasteiger charge is 2.04. The SMILES string of the molecule is Cc1nc(CC(=O)CCl)ccc1Cl. The molecule has 1 aromatic heterocycles. The van der Waals surface area contributed by atoms with Gasteiger partial charge in [-0.1, -0.05) is 11.6 Å². The maximum atomic E-state index is 11.0. The van der Waals surface area contributed by atoms with Gasteiger partial charge in [-0.15, -0.1) is 11.6 Å². The van der Waals surface area contributed by atoms with Crippen molar-refractivity contribution in [2.45, 2.75) is 13.3 Å².